The predicted molar refractivity (Wildman–Crippen MR) is 75.8 cm³/mol. The summed E-state index contributed by atoms with van der Waals surface area (Å²) >= 11 is 0. The average molecular weight is 263 g/mol. The van der Waals surface area contributed by atoms with Crippen molar-refractivity contribution in [1.29, 1.82) is 0 Å². The zero-order valence-corrected chi connectivity index (χ0v) is 11.3. The molecular weight excluding hydrogens is 241 g/mol. The molecule has 1 spiro atoms. The van der Waals surface area contributed by atoms with Crippen LogP contribution in [0.1, 0.15) is 12.8 Å². The van der Waals surface area contributed by atoms with Crippen LogP contribution in [0, 0.1) is 11.2 Å². The van der Waals surface area contributed by atoms with E-state index in [1.54, 1.807) is 12.1 Å². The number of benzene rings is 1. The lowest BCUT2D eigenvalue weighted by Crippen LogP contribution is -2.61. The molecule has 19 heavy (non-hydrogen) atoms. The predicted octanol–water partition coefficient (Wildman–Crippen LogP) is 1.69. The number of likely N-dealkylation sites (tertiary alicyclic amines) is 1. The standard InChI is InChI=1S/C15H22FN3/c16-13-1-3-14(4-2-13)19-8-5-15(6-9-19)11-18(12-15)10-7-17/h1-4H,5-12,17H2. The number of anilines is 1. The Labute approximate surface area is 114 Å². The Morgan fingerprint density at radius 3 is 2.32 bits per heavy atom. The highest BCUT2D eigenvalue weighted by molar-refractivity contribution is 5.46. The third kappa shape index (κ3) is 2.60. The molecule has 0 radical (unpaired) electrons. The van der Waals surface area contributed by atoms with Gasteiger partial charge in [0.05, 0.1) is 0 Å². The molecular formula is C15H22FN3. The average Bonchev–Trinajstić information content (AvgIpc) is 2.39. The van der Waals surface area contributed by atoms with E-state index in [1.165, 1.54) is 25.9 Å². The lowest BCUT2D eigenvalue weighted by molar-refractivity contribution is -0.0158. The molecule has 1 aromatic rings. The summed E-state index contributed by atoms with van der Waals surface area (Å²) < 4.78 is 12.9. The fourth-order valence-electron chi connectivity index (χ4n) is 3.45. The summed E-state index contributed by atoms with van der Waals surface area (Å²) in [6.45, 7) is 6.38. The molecule has 2 heterocycles. The smallest absolute Gasteiger partial charge is 0.123 e. The quantitative estimate of drug-likeness (QED) is 0.900. The Kier molecular flexibility index (Phi) is 3.46. The number of halogens is 1. The largest absolute Gasteiger partial charge is 0.371 e. The highest BCUT2D eigenvalue weighted by Gasteiger charge is 2.44. The van der Waals surface area contributed by atoms with E-state index in [-0.39, 0.29) is 5.82 Å². The maximum absolute atomic E-state index is 12.9. The van der Waals surface area contributed by atoms with E-state index in [0.717, 1.165) is 31.9 Å². The van der Waals surface area contributed by atoms with Gasteiger partial charge in [-0.1, -0.05) is 0 Å². The molecule has 0 bridgehead atoms. The van der Waals surface area contributed by atoms with Crippen molar-refractivity contribution in [2.24, 2.45) is 11.1 Å². The minimum Gasteiger partial charge on any atom is -0.371 e. The molecule has 0 aliphatic carbocycles. The third-order valence-electron chi connectivity index (χ3n) is 4.58. The number of hydrogen-bond acceptors (Lipinski definition) is 3. The van der Waals surface area contributed by atoms with Crippen LogP contribution in [-0.2, 0) is 0 Å². The monoisotopic (exact) mass is 263 g/mol. The molecule has 2 aliphatic heterocycles. The number of piperidine rings is 1. The van der Waals surface area contributed by atoms with E-state index in [0.29, 0.717) is 5.41 Å². The van der Waals surface area contributed by atoms with Crippen LogP contribution >= 0.6 is 0 Å². The Hall–Kier alpha value is -1.13. The van der Waals surface area contributed by atoms with Crippen LogP contribution in [0.3, 0.4) is 0 Å². The zero-order chi connectivity index (χ0) is 13.3. The first-order valence-corrected chi connectivity index (χ1v) is 7.14. The summed E-state index contributed by atoms with van der Waals surface area (Å²) in [5.74, 6) is -0.159. The van der Waals surface area contributed by atoms with E-state index in [2.05, 4.69) is 9.80 Å². The molecule has 2 fully saturated rings. The van der Waals surface area contributed by atoms with Crippen molar-refractivity contribution in [2.45, 2.75) is 12.8 Å². The Morgan fingerprint density at radius 1 is 1.11 bits per heavy atom. The van der Waals surface area contributed by atoms with Gasteiger partial charge in [0.15, 0.2) is 0 Å². The van der Waals surface area contributed by atoms with Crippen molar-refractivity contribution in [3.63, 3.8) is 0 Å². The van der Waals surface area contributed by atoms with E-state index >= 15 is 0 Å². The van der Waals surface area contributed by atoms with Crippen molar-refractivity contribution < 1.29 is 4.39 Å². The lowest BCUT2D eigenvalue weighted by atomic mass is 9.72. The van der Waals surface area contributed by atoms with Gasteiger partial charge in [0.2, 0.25) is 0 Å². The second-order valence-electron chi connectivity index (χ2n) is 5.96. The number of hydrogen-bond donors (Lipinski definition) is 1. The molecule has 0 atom stereocenters. The highest BCUT2D eigenvalue weighted by Crippen LogP contribution is 2.40. The maximum atomic E-state index is 12.9. The summed E-state index contributed by atoms with van der Waals surface area (Å²) in [5, 5.41) is 0. The number of nitrogens with two attached hydrogens (primary N) is 1. The molecule has 0 amide bonds. The fourth-order valence-corrected chi connectivity index (χ4v) is 3.45. The molecule has 4 heteroatoms. The molecule has 2 aliphatic rings. The van der Waals surface area contributed by atoms with E-state index in [4.69, 9.17) is 5.73 Å². The van der Waals surface area contributed by atoms with Crippen LogP contribution in [0.4, 0.5) is 10.1 Å². The third-order valence-corrected chi connectivity index (χ3v) is 4.58. The number of rotatable bonds is 3. The van der Waals surface area contributed by atoms with Crippen LogP contribution in [-0.4, -0.2) is 44.2 Å². The van der Waals surface area contributed by atoms with Gasteiger partial charge in [-0.05, 0) is 42.5 Å². The molecule has 0 unspecified atom stereocenters. The van der Waals surface area contributed by atoms with Gasteiger partial charge in [0.25, 0.3) is 0 Å². The Bertz CT molecular complexity index is 416. The maximum Gasteiger partial charge on any atom is 0.123 e. The van der Waals surface area contributed by atoms with Crippen molar-refractivity contribution in [2.75, 3.05) is 44.2 Å². The molecule has 104 valence electrons. The van der Waals surface area contributed by atoms with Crippen LogP contribution in [0.5, 0.6) is 0 Å². The SMILES string of the molecule is NCCN1CC2(CCN(c3ccc(F)cc3)CC2)C1. The van der Waals surface area contributed by atoms with Crippen LogP contribution in [0.2, 0.25) is 0 Å². The zero-order valence-electron chi connectivity index (χ0n) is 11.3. The first kappa shape index (κ1) is 12.9. The fraction of sp³-hybridized carbons (Fsp3) is 0.600. The van der Waals surface area contributed by atoms with Crippen molar-refractivity contribution in [3.05, 3.63) is 30.1 Å². The van der Waals surface area contributed by atoms with Crippen LogP contribution in [0.15, 0.2) is 24.3 Å². The van der Waals surface area contributed by atoms with E-state index in [9.17, 15) is 4.39 Å². The first-order valence-electron chi connectivity index (χ1n) is 7.14. The normalized spacial score (nSPS) is 22.5. The number of nitrogens with zero attached hydrogens (tertiary/aromatic N) is 2. The van der Waals surface area contributed by atoms with E-state index < -0.39 is 0 Å². The molecule has 0 aromatic heterocycles. The van der Waals surface area contributed by atoms with Crippen LogP contribution < -0.4 is 10.6 Å². The summed E-state index contributed by atoms with van der Waals surface area (Å²) in [6, 6.07) is 6.86. The van der Waals surface area contributed by atoms with Gasteiger partial charge < -0.3 is 15.5 Å². The summed E-state index contributed by atoms with van der Waals surface area (Å²) in [5.41, 5.74) is 7.27. The van der Waals surface area contributed by atoms with Gasteiger partial charge in [-0.3, -0.25) is 0 Å². The molecule has 3 nitrogen and oxygen atoms in total. The van der Waals surface area contributed by atoms with Gasteiger partial charge in [-0.25, -0.2) is 4.39 Å². The van der Waals surface area contributed by atoms with E-state index in [1.807, 2.05) is 12.1 Å². The first-order chi connectivity index (χ1) is 9.21. The second kappa shape index (κ2) is 5.10. The Balaban J connectivity index is 1.54. The Morgan fingerprint density at radius 2 is 1.74 bits per heavy atom. The summed E-state index contributed by atoms with van der Waals surface area (Å²) in [6.07, 6.45) is 2.48. The van der Waals surface area contributed by atoms with Crippen molar-refractivity contribution in [1.82, 2.24) is 4.90 Å². The minimum atomic E-state index is -0.159. The van der Waals surface area contributed by atoms with Crippen LogP contribution in [0.25, 0.3) is 0 Å². The topological polar surface area (TPSA) is 32.5 Å². The van der Waals surface area contributed by atoms with Crippen molar-refractivity contribution in [3.8, 4) is 0 Å². The minimum absolute atomic E-state index is 0.159. The van der Waals surface area contributed by atoms with Gasteiger partial charge >= 0.3 is 0 Å². The van der Waals surface area contributed by atoms with Gasteiger partial charge in [0, 0.05) is 45.0 Å². The lowest BCUT2D eigenvalue weighted by Gasteiger charge is -2.54. The molecule has 0 saturated carbocycles. The highest BCUT2D eigenvalue weighted by atomic mass is 19.1. The van der Waals surface area contributed by atoms with Gasteiger partial charge in [0.1, 0.15) is 5.82 Å². The summed E-state index contributed by atoms with van der Waals surface area (Å²) in [7, 11) is 0. The summed E-state index contributed by atoms with van der Waals surface area (Å²) in [4.78, 5) is 4.82. The van der Waals surface area contributed by atoms with Gasteiger partial charge in [-0.2, -0.15) is 0 Å². The molecule has 2 N–H and O–H groups in total. The molecule has 1 aromatic carbocycles. The molecule has 2 saturated heterocycles. The molecule has 3 rings (SSSR count). The van der Waals surface area contributed by atoms with Gasteiger partial charge in [-0.15, -0.1) is 0 Å². The second-order valence-corrected chi connectivity index (χ2v) is 5.96. The van der Waals surface area contributed by atoms with Crippen molar-refractivity contribution >= 4 is 5.69 Å².